The number of aromatic nitrogens is 1. The number of nitrogens with zero attached hydrogens (tertiary/aromatic N) is 1. The van der Waals surface area contributed by atoms with Crippen molar-refractivity contribution in [3.05, 3.63) is 64.4 Å². The fourth-order valence-electron chi connectivity index (χ4n) is 2.14. The van der Waals surface area contributed by atoms with E-state index in [1.165, 1.54) is 5.56 Å². The van der Waals surface area contributed by atoms with E-state index in [9.17, 15) is 4.79 Å². The number of rotatable bonds is 5. The van der Waals surface area contributed by atoms with Crippen molar-refractivity contribution in [1.29, 1.82) is 0 Å². The maximum absolute atomic E-state index is 12.0. The Bertz CT molecular complexity index is 594. The molecule has 0 aliphatic rings. The van der Waals surface area contributed by atoms with Gasteiger partial charge in [-0.05, 0) is 41.7 Å². The molecule has 1 amide bonds. The van der Waals surface area contributed by atoms with E-state index in [0.29, 0.717) is 12.1 Å². The lowest BCUT2D eigenvalue weighted by molar-refractivity contribution is 0.0936. The van der Waals surface area contributed by atoms with E-state index in [4.69, 9.17) is 0 Å². The molecule has 2 aromatic rings. The molecule has 21 heavy (non-hydrogen) atoms. The van der Waals surface area contributed by atoms with Gasteiger partial charge in [-0.15, -0.1) is 0 Å². The average molecular weight is 347 g/mol. The van der Waals surface area contributed by atoms with Crippen LogP contribution in [0.3, 0.4) is 0 Å². The molecule has 0 saturated heterocycles. The van der Waals surface area contributed by atoms with Crippen LogP contribution in [0, 0.1) is 5.41 Å². The molecule has 1 heterocycles. The van der Waals surface area contributed by atoms with Gasteiger partial charge in [-0.3, -0.25) is 9.78 Å². The summed E-state index contributed by atoms with van der Waals surface area (Å²) in [7, 11) is 0. The van der Waals surface area contributed by atoms with E-state index in [-0.39, 0.29) is 11.3 Å². The molecular weight excluding hydrogens is 328 g/mol. The molecule has 0 unspecified atom stereocenters. The number of hydrogen-bond acceptors (Lipinski definition) is 2. The van der Waals surface area contributed by atoms with Gasteiger partial charge in [-0.2, -0.15) is 0 Å². The summed E-state index contributed by atoms with van der Waals surface area (Å²) in [5.41, 5.74) is 1.85. The van der Waals surface area contributed by atoms with E-state index in [1.54, 1.807) is 24.5 Å². The van der Waals surface area contributed by atoms with Crippen LogP contribution in [0.4, 0.5) is 0 Å². The smallest absolute Gasteiger partial charge is 0.252 e. The first-order valence-electron chi connectivity index (χ1n) is 6.89. The van der Waals surface area contributed by atoms with Crippen molar-refractivity contribution in [2.24, 2.45) is 5.41 Å². The summed E-state index contributed by atoms with van der Waals surface area (Å²) in [5.74, 6) is -0.0769. The largest absolute Gasteiger partial charge is 0.351 e. The first-order valence-corrected chi connectivity index (χ1v) is 7.68. The fraction of sp³-hybridized carbons (Fsp3) is 0.294. The third-order valence-corrected chi connectivity index (χ3v) is 3.78. The lowest BCUT2D eigenvalue weighted by atomic mass is 9.85. The van der Waals surface area contributed by atoms with Crippen molar-refractivity contribution in [3.8, 4) is 0 Å². The minimum absolute atomic E-state index is 0.00824. The molecule has 3 nitrogen and oxygen atoms in total. The Balaban J connectivity index is 1.92. The van der Waals surface area contributed by atoms with Gasteiger partial charge in [-0.1, -0.05) is 41.9 Å². The minimum Gasteiger partial charge on any atom is -0.351 e. The zero-order chi connectivity index (χ0) is 15.3. The van der Waals surface area contributed by atoms with Gasteiger partial charge in [-0.25, -0.2) is 0 Å². The molecule has 0 aliphatic carbocycles. The van der Waals surface area contributed by atoms with Crippen molar-refractivity contribution in [2.45, 2.75) is 20.3 Å². The number of nitrogens with one attached hydrogen (secondary N) is 1. The molecule has 0 saturated carbocycles. The number of hydrogen-bond donors (Lipinski definition) is 1. The second-order valence-corrected chi connectivity index (χ2v) is 6.81. The van der Waals surface area contributed by atoms with Crippen molar-refractivity contribution in [2.75, 3.05) is 6.54 Å². The van der Waals surface area contributed by atoms with Crippen LogP contribution in [0.2, 0.25) is 0 Å². The van der Waals surface area contributed by atoms with Gasteiger partial charge < -0.3 is 5.32 Å². The molecule has 0 radical (unpaired) electrons. The molecular formula is C17H19BrN2O. The highest BCUT2D eigenvalue weighted by Crippen LogP contribution is 2.22. The van der Waals surface area contributed by atoms with Gasteiger partial charge in [0.1, 0.15) is 0 Å². The Hall–Kier alpha value is -1.68. The minimum atomic E-state index is -0.0769. The molecule has 4 heteroatoms. The summed E-state index contributed by atoms with van der Waals surface area (Å²) in [5, 5.41) is 2.98. The molecule has 0 aliphatic heterocycles. The predicted molar refractivity (Wildman–Crippen MR) is 88.2 cm³/mol. The predicted octanol–water partition coefficient (Wildman–Crippen LogP) is 3.84. The Labute approximate surface area is 133 Å². The zero-order valence-electron chi connectivity index (χ0n) is 12.3. The van der Waals surface area contributed by atoms with Crippen LogP contribution < -0.4 is 5.32 Å². The number of carbonyl (C=O) groups excluding carboxylic acids is 1. The standard InChI is InChI=1S/C17H19BrN2O/c1-17(2,10-13-5-7-15(18)8-6-13)12-20-16(21)14-4-3-9-19-11-14/h3-9,11H,10,12H2,1-2H3,(H,20,21). The molecule has 0 spiro atoms. The van der Waals surface area contributed by atoms with Gasteiger partial charge in [0.2, 0.25) is 0 Å². The Morgan fingerprint density at radius 1 is 1.24 bits per heavy atom. The van der Waals surface area contributed by atoms with Crippen LogP contribution in [-0.2, 0) is 6.42 Å². The van der Waals surface area contributed by atoms with Gasteiger partial charge in [0.15, 0.2) is 0 Å². The van der Waals surface area contributed by atoms with Crippen molar-refractivity contribution in [1.82, 2.24) is 10.3 Å². The number of benzene rings is 1. The summed E-state index contributed by atoms with van der Waals surface area (Å²) in [6.45, 7) is 4.92. The third-order valence-electron chi connectivity index (χ3n) is 3.25. The SMILES string of the molecule is CC(C)(CNC(=O)c1cccnc1)Cc1ccc(Br)cc1. The van der Waals surface area contributed by atoms with E-state index in [0.717, 1.165) is 10.9 Å². The van der Waals surface area contributed by atoms with Crippen molar-refractivity contribution < 1.29 is 4.79 Å². The summed E-state index contributed by atoms with van der Waals surface area (Å²) < 4.78 is 1.08. The van der Waals surface area contributed by atoms with Crippen LogP contribution in [0.1, 0.15) is 29.8 Å². The average Bonchev–Trinajstić information content (AvgIpc) is 2.48. The molecule has 1 aromatic carbocycles. The number of halogens is 1. The third kappa shape index (κ3) is 4.97. The van der Waals surface area contributed by atoms with E-state index >= 15 is 0 Å². The fourth-order valence-corrected chi connectivity index (χ4v) is 2.40. The lowest BCUT2D eigenvalue weighted by Gasteiger charge is -2.25. The van der Waals surface area contributed by atoms with Crippen molar-refractivity contribution in [3.63, 3.8) is 0 Å². The van der Waals surface area contributed by atoms with Gasteiger partial charge in [0.25, 0.3) is 5.91 Å². The molecule has 0 atom stereocenters. The van der Waals surface area contributed by atoms with E-state index in [1.807, 2.05) is 12.1 Å². The van der Waals surface area contributed by atoms with Crippen LogP contribution >= 0.6 is 15.9 Å². The highest BCUT2D eigenvalue weighted by Gasteiger charge is 2.20. The van der Waals surface area contributed by atoms with Gasteiger partial charge >= 0.3 is 0 Å². The van der Waals surface area contributed by atoms with Crippen LogP contribution in [-0.4, -0.2) is 17.4 Å². The summed E-state index contributed by atoms with van der Waals surface area (Å²) in [6.07, 6.45) is 4.15. The molecule has 1 aromatic heterocycles. The Morgan fingerprint density at radius 2 is 1.95 bits per heavy atom. The Kier molecular flexibility index (Phi) is 5.12. The van der Waals surface area contributed by atoms with Crippen LogP contribution in [0.15, 0.2) is 53.3 Å². The Morgan fingerprint density at radius 3 is 2.57 bits per heavy atom. The maximum atomic E-state index is 12.0. The van der Waals surface area contributed by atoms with Crippen LogP contribution in [0.5, 0.6) is 0 Å². The van der Waals surface area contributed by atoms with E-state index in [2.05, 4.69) is 52.2 Å². The summed E-state index contributed by atoms with van der Waals surface area (Å²) in [6, 6.07) is 11.8. The first-order chi connectivity index (χ1) is 9.96. The van der Waals surface area contributed by atoms with Gasteiger partial charge in [0.05, 0.1) is 5.56 Å². The summed E-state index contributed by atoms with van der Waals surface area (Å²) in [4.78, 5) is 16.0. The molecule has 0 fully saturated rings. The van der Waals surface area contributed by atoms with Crippen molar-refractivity contribution >= 4 is 21.8 Å². The zero-order valence-corrected chi connectivity index (χ0v) is 13.9. The van der Waals surface area contributed by atoms with Gasteiger partial charge in [0, 0.05) is 23.4 Å². The quantitative estimate of drug-likeness (QED) is 0.893. The second-order valence-electron chi connectivity index (χ2n) is 5.89. The molecule has 2 rings (SSSR count). The molecule has 0 bridgehead atoms. The lowest BCUT2D eigenvalue weighted by Crippen LogP contribution is -2.35. The number of pyridine rings is 1. The second kappa shape index (κ2) is 6.85. The topological polar surface area (TPSA) is 42.0 Å². The first kappa shape index (κ1) is 15.7. The maximum Gasteiger partial charge on any atom is 0.252 e. The molecule has 1 N–H and O–H groups in total. The molecule has 110 valence electrons. The normalized spacial score (nSPS) is 11.2. The van der Waals surface area contributed by atoms with E-state index < -0.39 is 0 Å². The summed E-state index contributed by atoms with van der Waals surface area (Å²) >= 11 is 3.44. The highest BCUT2D eigenvalue weighted by molar-refractivity contribution is 9.10. The number of amides is 1. The highest BCUT2D eigenvalue weighted by atomic mass is 79.9. The van der Waals surface area contributed by atoms with Crippen LogP contribution in [0.25, 0.3) is 0 Å². The number of carbonyl (C=O) groups is 1. The monoisotopic (exact) mass is 346 g/mol.